The zero-order valence-corrected chi connectivity index (χ0v) is 18.4. The van der Waals surface area contributed by atoms with Gasteiger partial charge in [-0.25, -0.2) is 0 Å². The van der Waals surface area contributed by atoms with Gasteiger partial charge in [0.15, 0.2) is 5.78 Å². The van der Waals surface area contributed by atoms with Gasteiger partial charge in [0.25, 0.3) is 0 Å². The molecule has 1 heterocycles. The number of nitrogens with zero attached hydrogens (tertiary/aromatic N) is 1. The molecular formula is C28H26N2O. The Bertz CT molecular complexity index is 1330. The van der Waals surface area contributed by atoms with E-state index < -0.39 is 0 Å². The number of rotatable bonds is 4. The van der Waals surface area contributed by atoms with Crippen LogP contribution in [0.1, 0.15) is 54.4 Å². The van der Waals surface area contributed by atoms with Crippen LogP contribution in [0.15, 0.2) is 66.7 Å². The summed E-state index contributed by atoms with van der Waals surface area (Å²) in [7, 11) is 0. The van der Waals surface area contributed by atoms with Gasteiger partial charge in [0.05, 0.1) is 16.8 Å². The lowest BCUT2D eigenvalue weighted by atomic mass is 9.82. The van der Waals surface area contributed by atoms with Crippen molar-refractivity contribution in [2.24, 2.45) is 0 Å². The van der Waals surface area contributed by atoms with E-state index in [0.29, 0.717) is 0 Å². The molecule has 1 N–H and O–H groups in total. The number of fused-ring (bicyclic) bond motifs is 2. The number of hydrogen-bond donors (Lipinski definition) is 1. The molecule has 3 nitrogen and oxygen atoms in total. The summed E-state index contributed by atoms with van der Waals surface area (Å²) in [6, 6.07) is 22.5. The van der Waals surface area contributed by atoms with Gasteiger partial charge in [-0.2, -0.15) is 0 Å². The molecule has 1 aromatic heterocycles. The van der Waals surface area contributed by atoms with Crippen LogP contribution in [0.3, 0.4) is 0 Å². The van der Waals surface area contributed by atoms with Gasteiger partial charge in [-0.1, -0.05) is 57.2 Å². The van der Waals surface area contributed by atoms with Crippen LogP contribution in [0.2, 0.25) is 0 Å². The molecule has 4 aromatic rings. The average Bonchev–Trinajstić information content (AvgIpc) is 2.77. The average molecular weight is 407 g/mol. The number of pyridine rings is 1. The van der Waals surface area contributed by atoms with Gasteiger partial charge in [0, 0.05) is 22.3 Å². The van der Waals surface area contributed by atoms with Gasteiger partial charge in [0.1, 0.15) is 0 Å². The molecule has 0 fully saturated rings. The summed E-state index contributed by atoms with van der Waals surface area (Å²) >= 11 is 0. The molecular weight excluding hydrogens is 380 g/mol. The predicted molar refractivity (Wildman–Crippen MR) is 128 cm³/mol. The molecule has 0 spiro atoms. The molecule has 0 radical (unpaired) electrons. The van der Waals surface area contributed by atoms with Gasteiger partial charge in [-0.15, -0.1) is 0 Å². The van der Waals surface area contributed by atoms with Crippen molar-refractivity contribution in [2.75, 3.05) is 5.32 Å². The van der Waals surface area contributed by atoms with Crippen molar-refractivity contribution >= 4 is 28.1 Å². The fourth-order valence-corrected chi connectivity index (χ4v) is 4.45. The first-order chi connectivity index (χ1) is 14.9. The number of benzene rings is 3. The van der Waals surface area contributed by atoms with Crippen LogP contribution in [0.5, 0.6) is 0 Å². The number of anilines is 2. The second-order valence-corrected chi connectivity index (χ2v) is 9.01. The van der Waals surface area contributed by atoms with E-state index in [-0.39, 0.29) is 11.2 Å². The number of ketones is 1. The van der Waals surface area contributed by atoms with Crippen molar-refractivity contribution in [3.8, 4) is 11.1 Å². The minimum atomic E-state index is 0.0468. The highest BCUT2D eigenvalue weighted by Crippen LogP contribution is 2.42. The van der Waals surface area contributed by atoms with E-state index in [1.807, 2.05) is 43.3 Å². The highest BCUT2D eigenvalue weighted by molar-refractivity contribution is 6.27. The number of carbonyl (C=O) groups excluding carboxylic acids is 1. The van der Waals surface area contributed by atoms with Crippen molar-refractivity contribution in [3.05, 3.63) is 89.1 Å². The molecule has 0 saturated heterocycles. The van der Waals surface area contributed by atoms with Gasteiger partial charge >= 0.3 is 0 Å². The third-order valence-electron chi connectivity index (χ3n) is 6.62. The molecule has 1 aliphatic rings. The maximum absolute atomic E-state index is 13.5. The summed E-state index contributed by atoms with van der Waals surface area (Å²) in [5.74, 6) is 0.0468. The largest absolute Gasteiger partial charge is 0.355 e. The van der Waals surface area contributed by atoms with Gasteiger partial charge < -0.3 is 5.32 Å². The fraction of sp³-hybridized carbons (Fsp3) is 0.214. The molecule has 5 rings (SSSR count). The van der Waals surface area contributed by atoms with E-state index in [1.54, 1.807) is 0 Å². The number of nitrogens with one attached hydrogen (secondary N) is 1. The van der Waals surface area contributed by atoms with Crippen molar-refractivity contribution in [1.29, 1.82) is 0 Å². The number of aromatic nitrogens is 1. The summed E-state index contributed by atoms with van der Waals surface area (Å²) in [6.07, 6.45) is 1.08. The quantitative estimate of drug-likeness (QED) is 0.343. The van der Waals surface area contributed by atoms with E-state index >= 15 is 0 Å². The Morgan fingerprint density at radius 3 is 2.35 bits per heavy atom. The van der Waals surface area contributed by atoms with Crippen LogP contribution in [-0.2, 0) is 5.41 Å². The smallest absolute Gasteiger partial charge is 0.196 e. The highest BCUT2D eigenvalue weighted by Gasteiger charge is 2.28. The zero-order valence-electron chi connectivity index (χ0n) is 18.4. The molecule has 0 unspecified atom stereocenters. The number of carbonyl (C=O) groups is 1. The molecule has 3 heteroatoms. The van der Waals surface area contributed by atoms with Gasteiger partial charge in [0.2, 0.25) is 0 Å². The fourth-order valence-electron chi connectivity index (χ4n) is 4.45. The van der Waals surface area contributed by atoms with Crippen molar-refractivity contribution < 1.29 is 4.79 Å². The number of aryl methyl sites for hydroxylation is 1. The maximum Gasteiger partial charge on any atom is 0.196 e. The van der Waals surface area contributed by atoms with Crippen molar-refractivity contribution in [3.63, 3.8) is 0 Å². The second-order valence-electron chi connectivity index (χ2n) is 9.01. The minimum absolute atomic E-state index is 0.0468. The summed E-state index contributed by atoms with van der Waals surface area (Å²) in [5.41, 5.74) is 8.60. The molecule has 0 aliphatic heterocycles. The normalized spacial score (nSPS) is 12.7. The Balaban J connectivity index is 1.62. The molecule has 0 saturated carbocycles. The predicted octanol–water partition coefficient (Wildman–Crippen LogP) is 7.19. The summed E-state index contributed by atoms with van der Waals surface area (Å²) in [6.45, 7) is 8.73. The summed E-state index contributed by atoms with van der Waals surface area (Å²) < 4.78 is 0. The first kappa shape index (κ1) is 19.5. The Morgan fingerprint density at radius 1 is 0.903 bits per heavy atom. The van der Waals surface area contributed by atoms with E-state index in [2.05, 4.69) is 61.4 Å². The Morgan fingerprint density at radius 2 is 1.61 bits per heavy atom. The Hall–Kier alpha value is -3.46. The number of hydrogen-bond acceptors (Lipinski definition) is 3. The van der Waals surface area contributed by atoms with Crippen molar-refractivity contribution in [1.82, 2.24) is 4.98 Å². The van der Waals surface area contributed by atoms with Gasteiger partial charge in [-0.3, -0.25) is 9.78 Å². The zero-order chi connectivity index (χ0) is 21.8. The first-order valence-corrected chi connectivity index (χ1v) is 10.8. The summed E-state index contributed by atoms with van der Waals surface area (Å²) in [4.78, 5) is 18.2. The second kappa shape index (κ2) is 7.05. The van der Waals surface area contributed by atoms with E-state index in [4.69, 9.17) is 0 Å². The highest BCUT2D eigenvalue weighted by atomic mass is 16.1. The van der Waals surface area contributed by atoms with Crippen LogP contribution >= 0.6 is 0 Å². The van der Waals surface area contributed by atoms with Crippen LogP contribution in [-0.4, -0.2) is 10.8 Å². The third-order valence-corrected chi connectivity index (χ3v) is 6.62. The van der Waals surface area contributed by atoms with E-state index in [9.17, 15) is 4.79 Å². The lowest BCUT2D eigenvalue weighted by molar-refractivity contribution is 0.104. The summed E-state index contributed by atoms with van der Waals surface area (Å²) in [5, 5.41) is 4.45. The molecule has 0 atom stereocenters. The maximum atomic E-state index is 13.5. The van der Waals surface area contributed by atoms with Crippen LogP contribution in [0.4, 0.5) is 11.4 Å². The molecule has 0 amide bonds. The molecule has 154 valence electrons. The topological polar surface area (TPSA) is 42.0 Å². The Labute approximate surface area is 183 Å². The molecule has 31 heavy (non-hydrogen) atoms. The lowest BCUT2D eigenvalue weighted by Crippen LogP contribution is -2.15. The first-order valence-electron chi connectivity index (χ1n) is 10.8. The standard InChI is InChI=1S/C28H26N2O/c1-5-28(3,4)18-12-14-19(15-13-18)30-24-11-6-8-20-22-16-17(2)29-23-10-7-9-21(25(22)23)27(31)26(20)24/h6-16,30H,5H2,1-4H3. The SMILES string of the molecule is CCC(C)(C)c1ccc(Nc2cccc3c2C(=O)c2cccc4nc(C)cc-3c24)cc1. The van der Waals surface area contributed by atoms with Crippen molar-refractivity contribution in [2.45, 2.75) is 39.5 Å². The lowest BCUT2D eigenvalue weighted by Gasteiger charge is -2.24. The van der Waals surface area contributed by atoms with Crippen LogP contribution in [0, 0.1) is 6.92 Å². The van der Waals surface area contributed by atoms with Crippen LogP contribution < -0.4 is 5.32 Å². The van der Waals surface area contributed by atoms with E-state index in [1.165, 1.54) is 5.56 Å². The monoisotopic (exact) mass is 406 g/mol. The Kier molecular flexibility index (Phi) is 4.44. The molecule has 1 aliphatic carbocycles. The molecule has 3 aromatic carbocycles. The molecule has 0 bridgehead atoms. The third kappa shape index (κ3) is 3.12. The minimum Gasteiger partial charge on any atom is -0.355 e. The van der Waals surface area contributed by atoms with Gasteiger partial charge in [-0.05, 0) is 65.8 Å². The van der Waals surface area contributed by atoms with Crippen LogP contribution in [0.25, 0.3) is 22.0 Å². The van der Waals surface area contributed by atoms with E-state index in [0.717, 1.165) is 56.6 Å².